The number of nitrogens with one attached hydrogen (secondary N) is 1. The van der Waals surface area contributed by atoms with Gasteiger partial charge in [0.05, 0.1) is 6.61 Å². The fourth-order valence-electron chi connectivity index (χ4n) is 3.73. The van der Waals surface area contributed by atoms with E-state index in [9.17, 15) is 17.6 Å². The third-order valence-corrected chi connectivity index (χ3v) is 7.21. The SMILES string of the molecule is CCOc1ccc(NC(=O)c2oc3ccc(F)cc3c2C)cc1S(=O)(=O)N1CCCC1. The number of carbonyl (C=O) groups is 1. The third-order valence-electron chi connectivity index (χ3n) is 5.29. The molecule has 1 amide bonds. The van der Waals surface area contributed by atoms with Crippen LogP contribution in [-0.2, 0) is 10.0 Å². The Kier molecular flexibility index (Phi) is 5.72. The highest BCUT2D eigenvalue weighted by atomic mass is 32.2. The van der Waals surface area contributed by atoms with Gasteiger partial charge in [0, 0.05) is 29.7 Å². The predicted octanol–water partition coefficient (Wildman–Crippen LogP) is 4.32. The first-order chi connectivity index (χ1) is 14.8. The third kappa shape index (κ3) is 4.03. The number of nitrogens with zero attached hydrogens (tertiary/aromatic N) is 1. The van der Waals surface area contributed by atoms with Crippen LogP contribution >= 0.6 is 0 Å². The van der Waals surface area contributed by atoms with Crippen molar-refractivity contribution < 1.29 is 26.8 Å². The number of amides is 1. The number of benzene rings is 2. The summed E-state index contributed by atoms with van der Waals surface area (Å²) in [5, 5.41) is 3.19. The van der Waals surface area contributed by atoms with Crippen LogP contribution in [-0.4, -0.2) is 38.3 Å². The lowest BCUT2D eigenvalue weighted by molar-refractivity contribution is 0.0998. The molecule has 0 spiro atoms. The summed E-state index contributed by atoms with van der Waals surface area (Å²) >= 11 is 0. The summed E-state index contributed by atoms with van der Waals surface area (Å²) in [5.41, 5.74) is 1.19. The van der Waals surface area contributed by atoms with Gasteiger partial charge in [0.25, 0.3) is 5.91 Å². The van der Waals surface area contributed by atoms with E-state index in [1.807, 2.05) is 0 Å². The summed E-state index contributed by atoms with van der Waals surface area (Å²) in [4.78, 5) is 12.8. The molecular weight excluding hydrogens is 423 g/mol. The minimum absolute atomic E-state index is 0.0115. The molecule has 31 heavy (non-hydrogen) atoms. The first kappa shape index (κ1) is 21.3. The monoisotopic (exact) mass is 446 g/mol. The average molecular weight is 447 g/mol. The average Bonchev–Trinajstić information content (AvgIpc) is 3.39. The van der Waals surface area contributed by atoms with Crippen LogP contribution in [0.1, 0.15) is 35.9 Å². The molecule has 1 saturated heterocycles. The van der Waals surface area contributed by atoms with Gasteiger partial charge in [-0.3, -0.25) is 4.79 Å². The first-order valence-electron chi connectivity index (χ1n) is 10.1. The van der Waals surface area contributed by atoms with Gasteiger partial charge in [0.2, 0.25) is 10.0 Å². The zero-order valence-corrected chi connectivity index (χ0v) is 18.1. The Morgan fingerprint density at radius 1 is 1.19 bits per heavy atom. The topological polar surface area (TPSA) is 88.8 Å². The summed E-state index contributed by atoms with van der Waals surface area (Å²) < 4.78 is 52.3. The Morgan fingerprint density at radius 2 is 1.94 bits per heavy atom. The van der Waals surface area contributed by atoms with E-state index in [2.05, 4.69) is 5.32 Å². The first-order valence-corrected chi connectivity index (χ1v) is 11.5. The molecule has 1 aliphatic heterocycles. The Balaban J connectivity index is 1.67. The second kappa shape index (κ2) is 8.32. The number of carbonyl (C=O) groups excluding carboxylic acids is 1. The summed E-state index contributed by atoms with van der Waals surface area (Å²) in [6.07, 6.45) is 1.62. The van der Waals surface area contributed by atoms with Gasteiger partial charge < -0.3 is 14.5 Å². The van der Waals surface area contributed by atoms with Crippen molar-refractivity contribution in [1.82, 2.24) is 4.31 Å². The van der Waals surface area contributed by atoms with Crippen LogP contribution in [0, 0.1) is 12.7 Å². The van der Waals surface area contributed by atoms with Gasteiger partial charge in [-0.2, -0.15) is 4.31 Å². The molecule has 1 aliphatic rings. The number of sulfonamides is 1. The molecule has 0 unspecified atom stereocenters. The molecule has 2 aromatic carbocycles. The number of rotatable bonds is 6. The Labute approximate surface area is 179 Å². The minimum Gasteiger partial charge on any atom is -0.492 e. The van der Waals surface area contributed by atoms with Crippen LogP contribution < -0.4 is 10.1 Å². The number of ether oxygens (including phenoxy) is 1. The van der Waals surface area contributed by atoms with Gasteiger partial charge in [-0.1, -0.05) is 0 Å². The van der Waals surface area contributed by atoms with Gasteiger partial charge in [0.15, 0.2) is 5.76 Å². The number of hydrogen-bond acceptors (Lipinski definition) is 5. The zero-order valence-electron chi connectivity index (χ0n) is 17.3. The number of halogens is 1. The van der Waals surface area contributed by atoms with Crippen molar-refractivity contribution in [2.45, 2.75) is 31.6 Å². The van der Waals surface area contributed by atoms with Crippen molar-refractivity contribution >= 4 is 32.6 Å². The lowest BCUT2D eigenvalue weighted by atomic mass is 10.1. The van der Waals surface area contributed by atoms with Crippen molar-refractivity contribution in [1.29, 1.82) is 0 Å². The van der Waals surface area contributed by atoms with Crippen LogP contribution in [0.2, 0.25) is 0 Å². The van der Waals surface area contributed by atoms with Crippen LogP contribution in [0.15, 0.2) is 45.7 Å². The Morgan fingerprint density at radius 3 is 2.65 bits per heavy atom. The largest absolute Gasteiger partial charge is 0.492 e. The molecule has 0 saturated carbocycles. The molecule has 0 aliphatic carbocycles. The van der Waals surface area contributed by atoms with E-state index in [-0.39, 0.29) is 22.1 Å². The highest BCUT2D eigenvalue weighted by molar-refractivity contribution is 7.89. The molecule has 9 heteroatoms. The maximum absolute atomic E-state index is 13.5. The van der Waals surface area contributed by atoms with Crippen molar-refractivity contribution in [2.75, 3.05) is 25.0 Å². The van der Waals surface area contributed by atoms with E-state index >= 15 is 0 Å². The number of furan rings is 1. The standard InChI is InChI=1S/C22H23FN2O5S/c1-3-29-19-9-7-16(13-20(19)31(27,28)25-10-4-5-11-25)24-22(26)21-14(2)17-12-15(23)6-8-18(17)30-21/h6-9,12-13H,3-5,10-11H2,1-2H3,(H,24,26). The molecular formula is C22H23FN2O5S. The maximum Gasteiger partial charge on any atom is 0.291 e. The summed E-state index contributed by atoms with van der Waals surface area (Å²) in [5.74, 6) is -0.698. The van der Waals surface area contributed by atoms with Crippen LogP contribution in [0.3, 0.4) is 0 Å². The van der Waals surface area contributed by atoms with E-state index in [1.54, 1.807) is 19.9 Å². The second-order valence-corrected chi connectivity index (χ2v) is 9.26. The minimum atomic E-state index is -3.76. The zero-order chi connectivity index (χ0) is 22.2. The molecule has 2 heterocycles. The maximum atomic E-state index is 13.5. The van der Waals surface area contributed by atoms with E-state index in [4.69, 9.17) is 9.15 Å². The number of aryl methyl sites for hydroxylation is 1. The summed E-state index contributed by atoms with van der Waals surface area (Å²) in [6, 6.07) is 8.53. The molecule has 0 bridgehead atoms. The second-order valence-electron chi connectivity index (χ2n) is 7.36. The van der Waals surface area contributed by atoms with Gasteiger partial charge in [0.1, 0.15) is 22.0 Å². The lowest BCUT2D eigenvalue weighted by Crippen LogP contribution is -2.28. The quantitative estimate of drug-likeness (QED) is 0.609. The summed E-state index contributed by atoms with van der Waals surface area (Å²) in [7, 11) is -3.76. The van der Waals surface area contributed by atoms with Crippen molar-refractivity contribution in [3.05, 3.63) is 53.5 Å². The molecule has 0 atom stereocenters. The number of anilines is 1. The van der Waals surface area contributed by atoms with Gasteiger partial charge >= 0.3 is 0 Å². The van der Waals surface area contributed by atoms with Gasteiger partial charge in [-0.25, -0.2) is 12.8 Å². The van der Waals surface area contributed by atoms with E-state index in [1.165, 1.54) is 34.6 Å². The van der Waals surface area contributed by atoms with Gasteiger partial charge in [-0.15, -0.1) is 0 Å². The molecule has 7 nitrogen and oxygen atoms in total. The van der Waals surface area contributed by atoms with E-state index < -0.39 is 21.7 Å². The predicted molar refractivity (Wildman–Crippen MR) is 114 cm³/mol. The number of fused-ring (bicyclic) bond motifs is 1. The molecule has 0 radical (unpaired) electrons. The lowest BCUT2D eigenvalue weighted by Gasteiger charge is -2.19. The van der Waals surface area contributed by atoms with E-state index in [0.717, 1.165) is 12.8 Å². The van der Waals surface area contributed by atoms with Crippen molar-refractivity contribution in [3.8, 4) is 5.75 Å². The number of hydrogen-bond donors (Lipinski definition) is 1. The van der Waals surface area contributed by atoms with Crippen molar-refractivity contribution in [2.24, 2.45) is 0 Å². The molecule has 4 rings (SSSR count). The van der Waals surface area contributed by atoms with Crippen LogP contribution in [0.4, 0.5) is 10.1 Å². The van der Waals surface area contributed by atoms with Crippen LogP contribution in [0.25, 0.3) is 11.0 Å². The highest BCUT2D eigenvalue weighted by Crippen LogP contribution is 2.32. The Bertz CT molecular complexity index is 1250. The van der Waals surface area contributed by atoms with Crippen LogP contribution in [0.5, 0.6) is 5.75 Å². The normalized spacial score (nSPS) is 14.8. The fraction of sp³-hybridized carbons (Fsp3) is 0.318. The molecule has 1 aromatic heterocycles. The van der Waals surface area contributed by atoms with Gasteiger partial charge in [-0.05, 0) is 63.1 Å². The fourth-order valence-corrected chi connectivity index (χ4v) is 5.40. The molecule has 1 fully saturated rings. The molecule has 1 N–H and O–H groups in total. The molecule has 164 valence electrons. The Hall–Kier alpha value is -2.91. The highest BCUT2D eigenvalue weighted by Gasteiger charge is 2.30. The smallest absolute Gasteiger partial charge is 0.291 e. The van der Waals surface area contributed by atoms with E-state index in [0.29, 0.717) is 36.2 Å². The molecule has 3 aromatic rings. The van der Waals surface area contributed by atoms with Crippen molar-refractivity contribution in [3.63, 3.8) is 0 Å². The summed E-state index contributed by atoms with van der Waals surface area (Å²) in [6.45, 7) is 4.66.